The maximum atomic E-state index is 12.6. The average molecular weight is 396 g/mol. The maximum absolute atomic E-state index is 12.6. The Morgan fingerprint density at radius 2 is 1.96 bits per heavy atom. The van der Waals surface area contributed by atoms with Crippen LogP contribution in [0, 0.1) is 0 Å². The van der Waals surface area contributed by atoms with E-state index in [0.717, 1.165) is 31.2 Å². The summed E-state index contributed by atoms with van der Waals surface area (Å²) in [4.78, 5) is 19.0. The molecule has 146 valence electrons. The second-order valence-corrected chi connectivity index (χ2v) is 8.22. The van der Waals surface area contributed by atoms with E-state index in [1.54, 1.807) is 11.3 Å². The van der Waals surface area contributed by atoms with Gasteiger partial charge in [0.05, 0.1) is 0 Å². The molecule has 0 spiro atoms. The molecule has 6 heteroatoms. The summed E-state index contributed by atoms with van der Waals surface area (Å²) in [7, 11) is 1.93. The Kier molecular flexibility index (Phi) is 5.86. The molecule has 1 aromatic carbocycles. The van der Waals surface area contributed by atoms with Gasteiger partial charge in [-0.3, -0.25) is 4.79 Å². The first-order valence-corrected chi connectivity index (χ1v) is 10.8. The van der Waals surface area contributed by atoms with E-state index >= 15 is 0 Å². The average Bonchev–Trinajstić information content (AvgIpc) is 3.44. The number of nitrogens with zero attached hydrogens (tertiary/aromatic N) is 3. The van der Waals surface area contributed by atoms with Crippen LogP contribution in [-0.2, 0) is 11.2 Å². The van der Waals surface area contributed by atoms with Gasteiger partial charge in [0.15, 0.2) is 0 Å². The molecule has 1 aliphatic rings. The van der Waals surface area contributed by atoms with Crippen LogP contribution >= 0.6 is 11.3 Å². The minimum atomic E-state index is 0.151. The highest BCUT2D eigenvalue weighted by molar-refractivity contribution is 7.08. The van der Waals surface area contributed by atoms with Crippen LogP contribution in [0.2, 0.25) is 0 Å². The van der Waals surface area contributed by atoms with Crippen LogP contribution < -0.4 is 0 Å². The minimum absolute atomic E-state index is 0.151. The van der Waals surface area contributed by atoms with Crippen LogP contribution in [0.15, 0.2) is 51.7 Å². The molecule has 1 amide bonds. The van der Waals surface area contributed by atoms with Gasteiger partial charge in [-0.15, -0.1) is 0 Å². The fourth-order valence-corrected chi connectivity index (χ4v) is 4.62. The molecule has 0 aliphatic heterocycles. The van der Waals surface area contributed by atoms with Gasteiger partial charge in [0.25, 0.3) is 0 Å². The monoisotopic (exact) mass is 395 g/mol. The number of rotatable bonds is 6. The third-order valence-corrected chi connectivity index (χ3v) is 6.39. The summed E-state index contributed by atoms with van der Waals surface area (Å²) in [5.74, 6) is 1.89. The highest BCUT2D eigenvalue weighted by Crippen LogP contribution is 2.34. The van der Waals surface area contributed by atoms with Crippen LogP contribution in [0.4, 0.5) is 0 Å². The summed E-state index contributed by atoms with van der Waals surface area (Å²) >= 11 is 1.60. The molecule has 28 heavy (non-hydrogen) atoms. The molecule has 0 atom stereocenters. The highest BCUT2D eigenvalue weighted by atomic mass is 32.1. The van der Waals surface area contributed by atoms with Gasteiger partial charge in [-0.2, -0.15) is 16.3 Å². The Balaban J connectivity index is 1.26. The van der Waals surface area contributed by atoms with Crippen molar-refractivity contribution in [2.45, 2.75) is 50.5 Å². The normalized spacial score (nSPS) is 19.5. The number of carbonyl (C=O) groups excluding carboxylic acids is 1. The first kappa shape index (κ1) is 18.9. The van der Waals surface area contributed by atoms with Crippen molar-refractivity contribution >= 4 is 17.2 Å². The lowest BCUT2D eigenvalue weighted by molar-refractivity contribution is -0.132. The molecule has 3 aromatic rings. The smallest absolute Gasteiger partial charge is 0.227 e. The third-order valence-electron chi connectivity index (χ3n) is 5.71. The van der Waals surface area contributed by atoms with E-state index in [1.165, 1.54) is 5.56 Å². The van der Waals surface area contributed by atoms with Crippen molar-refractivity contribution in [3.8, 4) is 11.4 Å². The Labute approximate surface area is 169 Å². The van der Waals surface area contributed by atoms with Crippen molar-refractivity contribution < 1.29 is 9.32 Å². The topological polar surface area (TPSA) is 59.2 Å². The number of benzene rings is 1. The number of hydrogen-bond acceptors (Lipinski definition) is 5. The second-order valence-electron chi connectivity index (χ2n) is 7.44. The molecule has 0 radical (unpaired) electrons. The summed E-state index contributed by atoms with van der Waals surface area (Å²) < 4.78 is 5.30. The zero-order valence-corrected chi connectivity index (χ0v) is 16.9. The van der Waals surface area contributed by atoms with Crippen LogP contribution in [0.1, 0.15) is 49.5 Å². The molecule has 0 saturated heterocycles. The predicted molar refractivity (Wildman–Crippen MR) is 110 cm³/mol. The van der Waals surface area contributed by atoms with Crippen LogP contribution in [0.25, 0.3) is 11.4 Å². The van der Waals surface area contributed by atoms with Gasteiger partial charge in [0.2, 0.25) is 17.6 Å². The van der Waals surface area contributed by atoms with Crippen LogP contribution in [0.5, 0.6) is 0 Å². The molecule has 1 aliphatic carbocycles. The Hall–Kier alpha value is -2.47. The lowest BCUT2D eigenvalue weighted by Crippen LogP contribution is -2.39. The molecule has 2 aromatic heterocycles. The predicted octanol–water partition coefficient (Wildman–Crippen LogP) is 4.92. The van der Waals surface area contributed by atoms with Crippen molar-refractivity contribution in [1.82, 2.24) is 15.0 Å². The Morgan fingerprint density at radius 1 is 1.18 bits per heavy atom. The van der Waals surface area contributed by atoms with E-state index in [-0.39, 0.29) is 5.91 Å². The Morgan fingerprint density at radius 3 is 2.68 bits per heavy atom. The van der Waals surface area contributed by atoms with Crippen LogP contribution in [0.3, 0.4) is 0 Å². The fraction of sp³-hybridized carbons (Fsp3) is 0.409. The number of aromatic nitrogens is 2. The minimum Gasteiger partial charge on any atom is -0.343 e. The summed E-state index contributed by atoms with van der Waals surface area (Å²) in [5, 5.41) is 7.97. The summed E-state index contributed by atoms with van der Waals surface area (Å²) in [5.41, 5.74) is 2.38. The van der Waals surface area contributed by atoms with E-state index in [1.807, 2.05) is 28.8 Å². The number of carbonyl (C=O) groups is 1. The first-order valence-electron chi connectivity index (χ1n) is 9.86. The van der Waals surface area contributed by atoms with Crippen molar-refractivity contribution in [3.05, 3.63) is 58.6 Å². The van der Waals surface area contributed by atoms with Gasteiger partial charge >= 0.3 is 0 Å². The molecule has 0 bridgehead atoms. The van der Waals surface area contributed by atoms with Gasteiger partial charge in [-0.1, -0.05) is 35.5 Å². The fourth-order valence-electron chi connectivity index (χ4n) is 3.98. The standard InChI is InChI=1S/C22H25N3O2S/c1-25(19-9-7-17(8-10-19)16-5-3-2-4-6-16)21(26)12-11-20-23-22(24-27-20)18-13-14-28-15-18/h2-6,13-15,17,19H,7-12H2,1H3. The van der Waals surface area contributed by atoms with Gasteiger partial charge in [0, 0.05) is 36.9 Å². The number of hydrogen-bond donors (Lipinski definition) is 0. The van der Waals surface area contributed by atoms with E-state index in [4.69, 9.17) is 4.52 Å². The van der Waals surface area contributed by atoms with E-state index in [2.05, 4.69) is 40.5 Å². The van der Waals surface area contributed by atoms with Gasteiger partial charge in [-0.25, -0.2) is 0 Å². The van der Waals surface area contributed by atoms with E-state index < -0.39 is 0 Å². The first-order chi connectivity index (χ1) is 13.7. The van der Waals surface area contributed by atoms with Gasteiger partial charge in [0.1, 0.15) is 0 Å². The highest BCUT2D eigenvalue weighted by Gasteiger charge is 2.27. The lowest BCUT2D eigenvalue weighted by atomic mass is 9.81. The molecule has 5 nitrogen and oxygen atoms in total. The largest absolute Gasteiger partial charge is 0.343 e. The molecular formula is C22H25N3O2S. The molecule has 0 N–H and O–H groups in total. The summed E-state index contributed by atoms with van der Waals surface area (Å²) in [6.07, 6.45) is 5.29. The van der Waals surface area contributed by atoms with Crippen molar-refractivity contribution in [1.29, 1.82) is 0 Å². The van der Waals surface area contributed by atoms with Gasteiger partial charge < -0.3 is 9.42 Å². The summed E-state index contributed by atoms with van der Waals surface area (Å²) in [6.45, 7) is 0. The second kappa shape index (κ2) is 8.69. The van der Waals surface area contributed by atoms with E-state index in [9.17, 15) is 4.79 Å². The summed E-state index contributed by atoms with van der Waals surface area (Å²) in [6, 6.07) is 13.0. The third kappa shape index (κ3) is 4.33. The molecular weight excluding hydrogens is 370 g/mol. The van der Waals surface area contributed by atoms with Crippen molar-refractivity contribution in [2.75, 3.05) is 7.05 Å². The van der Waals surface area contributed by atoms with E-state index in [0.29, 0.717) is 36.5 Å². The zero-order chi connectivity index (χ0) is 19.3. The number of thiophene rings is 1. The van der Waals surface area contributed by atoms with Crippen LogP contribution in [-0.4, -0.2) is 34.0 Å². The molecule has 1 fully saturated rings. The Bertz CT molecular complexity index is 884. The number of aryl methyl sites for hydroxylation is 1. The number of amides is 1. The quantitative estimate of drug-likeness (QED) is 0.595. The lowest BCUT2D eigenvalue weighted by Gasteiger charge is -2.35. The molecule has 0 unspecified atom stereocenters. The molecule has 1 saturated carbocycles. The SMILES string of the molecule is CN(C(=O)CCc1nc(-c2ccsc2)no1)C1CCC(c2ccccc2)CC1. The van der Waals surface area contributed by atoms with Gasteiger partial charge in [-0.05, 0) is 48.6 Å². The zero-order valence-electron chi connectivity index (χ0n) is 16.1. The molecule has 2 heterocycles. The van der Waals surface area contributed by atoms with Crippen molar-refractivity contribution in [2.24, 2.45) is 0 Å². The van der Waals surface area contributed by atoms with Crippen molar-refractivity contribution in [3.63, 3.8) is 0 Å². The maximum Gasteiger partial charge on any atom is 0.227 e. The molecule has 4 rings (SSSR count).